The quantitative estimate of drug-likeness (QED) is 0.609. The normalized spacial score (nSPS) is 16.8. The smallest absolute Gasteiger partial charge is 0.154 e. The minimum Gasteiger partial charge on any atom is -0.493 e. The van der Waals surface area contributed by atoms with Crippen molar-refractivity contribution in [1.82, 2.24) is 20.3 Å². The van der Waals surface area contributed by atoms with Crippen molar-refractivity contribution in [2.45, 2.75) is 25.9 Å². The molecule has 2 heterocycles. The first-order chi connectivity index (χ1) is 14.2. The molecule has 0 aliphatic carbocycles. The van der Waals surface area contributed by atoms with Gasteiger partial charge in [-0.15, -0.1) is 0 Å². The van der Waals surface area contributed by atoms with E-state index >= 15 is 0 Å². The van der Waals surface area contributed by atoms with Crippen LogP contribution in [0.15, 0.2) is 42.5 Å². The van der Waals surface area contributed by atoms with Gasteiger partial charge in [-0.25, -0.2) is 0 Å². The molecule has 2 N–H and O–H groups in total. The third-order valence-corrected chi connectivity index (χ3v) is 5.37. The molecule has 0 spiro atoms. The van der Waals surface area contributed by atoms with Crippen LogP contribution in [0.5, 0.6) is 11.5 Å². The lowest BCUT2D eigenvalue weighted by Gasteiger charge is -2.33. The summed E-state index contributed by atoms with van der Waals surface area (Å²) in [6.07, 6.45) is 1.62. The number of ether oxygens (including phenoxy) is 2. The van der Waals surface area contributed by atoms with Crippen LogP contribution in [-0.4, -0.2) is 64.4 Å². The summed E-state index contributed by atoms with van der Waals surface area (Å²) in [4.78, 5) is 2.30. The Kier molecular flexibility index (Phi) is 6.27. The predicted molar refractivity (Wildman–Crippen MR) is 111 cm³/mol. The molecule has 2 aromatic carbocycles. The maximum absolute atomic E-state index is 10.4. The second-order valence-corrected chi connectivity index (χ2v) is 7.79. The number of fused-ring (bicyclic) bond motifs is 1. The van der Waals surface area contributed by atoms with Crippen LogP contribution in [0, 0.1) is 12.8 Å². The minimum absolute atomic E-state index is 0.239. The van der Waals surface area contributed by atoms with Gasteiger partial charge in [-0.1, -0.05) is 18.2 Å². The van der Waals surface area contributed by atoms with Crippen LogP contribution in [-0.2, 0) is 0 Å². The molecule has 1 aliphatic heterocycles. The van der Waals surface area contributed by atoms with Gasteiger partial charge in [-0.2, -0.15) is 15.4 Å². The Labute approximate surface area is 170 Å². The van der Waals surface area contributed by atoms with Gasteiger partial charge in [-0.05, 0) is 68.6 Å². The molecule has 154 valence electrons. The zero-order valence-corrected chi connectivity index (χ0v) is 16.8. The van der Waals surface area contributed by atoms with E-state index in [9.17, 15) is 5.11 Å². The van der Waals surface area contributed by atoms with Crippen molar-refractivity contribution in [2.24, 2.45) is 5.92 Å². The van der Waals surface area contributed by atoms with Crippen molar-refractivity contribution < 1.29 is 14.6 Å². The maximum Gasteiger partial charge on any atom is 0.154 e. The zero-order valence-electron chi connectivity index (χ0n) is 16.8. The number of aliphatic hydroxyl groups is 1. The van der Waals surface area contributed by atoms with Crippen molar-refractivity contribution in [3.8, 4) is 11.5 Å². The van der Waals surface area contributed by atoms with E-state index in [0.29, 0.717) is 23.7 Å². The van der Waals surface area contributed by atoms with Crippen molar-refractivity contribution in [1.29, 1.82) is 0 Å². The number of hydrogen-bond acceptors (Lipinski definition) is 6. The number of piperidine rings is 1. The summed E-state index contributed by atoms with van der Waals surface area (Å²) in [6, 6.07) is 13.8. The number of aromatic nitrogens is 3. The van der Waals surface area contributed by atoms with Gasteiger partial charge in [0.15, 0.2) is 5.52 Å². The highest BCUT2D eigenvalue weighted by Gasteiger charge is 2.22. The summed E-state index contributed by atoms with van der Waals surface area (Å²) in [5, 5.41) is 21.3. The van der Waals surface area contributed by atoms with E-state index in [-0.39, 0.29) is 6.61 Å². The van der Waals surface area contributed by atoms with E-state index in [1.807, 2.05) is 49.4 Å². The van der Waals surface area contributed by atoms with E-state index in [1.165, 1.54) is 0 Å². The van der Waals surface area contributed by atoms with Gasteiger partial charge in [0.05, 0.1) is 6.61 Å². The topological polar surface area (TPSA) is 83.5 Å². The highest BCUT2D eigenvalue weighted by molar-refractivity contribution is 5.81. The summed E-state index contributed by atoms with van der Waals surface area (Å²) in [7, 11) is 0. The van der Waals surface area contributed by atoms with Crippen LogP contribution in [0.25, 0.3) is 11.0 Å². The fraction of sp³-hybridized carbons (Fsp3) is 0.455. The number of rotatable bonds is 8. The summed E-state index contributed by atoms with van der Waals surface area (Å²) >= 11 is 0. The first-order valence-corrected chi connectivity index (χ1v) is 10.2. The lowest BCUT2D eigenvalue weighted by atomic mass is 9.97. The van der Waals surface area contributed by atoms with Gasteiger partial charge in [0.25, 0.3) is 0 Å². The minimum atomic E-state index is -0.547. The summed E-state index contributed by atoms with van der Waals surface area (Å²) < 4.78 is 11.7. The van der Waals surface area contributed by atoms with E-state index in [2.05, 4.69) is 20.3 Å². The molecule has 4 rings (SSSR count). The van der Waals surface area contributed by atoms with Crippen molar-refractivity contribution in [3.05, 3.63) is 48.0 Å². The Balaban J connectivity index is 1.20. The zero-order chi connectivity index (χ0) is 20.1. The number of β-amino-alcohol motifs (C(OH)–C–C–N with tert-alkyl or cyclic N) is 1. The molecular formula is C22H28N4O3. The number of H-pyrrole nitrogens is 1. The molecule has 0 amide bonds. The van der Waals surface area contributed by atoms with E-state index in [1.54, 1.807) is 0 Å². The lowest BCUT2D eigenvalue weighted by Crippen LogP contribution is -2.41. The molecular weight excluding hydrogens is 368 g/mol. The molecule has 1 unspecified atom stereocenters. The third-order valence-electron chi connectivity index (χ3n) is 5.37. The fourth-order valence-electron chi connectivity index (χ4n) is 3.77. The summed E-state index contributed by atoms with van der Waals surface area (Å²) in [5.74, 6) is 2.15. The second kappa shape index (κ2) is 9.24. The van der Waals surface area contributed by atoms with Crippen molar-refractivity contribution in [2.75, 3.05) is 32.8 Å². The fourth-order valence-corrected chi connectivity index (χ4v) is 3.77. The van der Waals surface area contributed by atoms with Gasteiger partial charge in [0, 0.05) is 6.54 Å². The van der Waals surface area contributed by atoms with Crippen LogP contribution >= 0.6 is 0 Å². The molecule has 0 saturated carbocycles. The molecule has 1 aromatic heterocycles. The number of benzene rings is 2. The van der Waals surface area contributed by atoms with Crippen molar-refractivity contribution in [3.63, 3.8) is 0 Å². The van der Waals surface area contributed by atoms with Gasteiger partial charge in [-0.3, -0.25) is 0 Å². The van der Waals surface area contributed by atoms with Crippen LogP contribution in [0.3, 0.4) is 0 Å². The highest BCUT2D eigenvalue weighted by atomic mass is 16.5. The first kappa shape index (κ1) is 19.7. The molecule has 1 fully saturated rings. The number of hydrogen-bond donors (Lipinski definition) is 2. The molecule has 1 aliphatic rings. The molecule has 1 saturated heterocycles. The maximum atomic E-state index is 10.4. The number of likely N-dealkylation sites (tertiary alicyclic amines) is 1. The Morgan fingerprint density at radius 2 is 1.93 bits per heavy atom. The Bertz CT molecular complexity index is 907. The highest BCUT2D eigenvalue weighted by Crippen LogP contribution is 2.24. The largest absolute Gasteiger partial charge is 0.493 e. The average molecular weight is 396 g/mol. The van der Waals surface area contributed by atoms with Gasteiger partial charge < -0.3 is 19.5 Å². The van der Waals surface area contributed by atoms with Crippen LogP contribution < -0.4 is 9.47 Å². The Hall–Kier alpha value is -2.64. The number of aryl methyl sites for hydroxylation is 1. The van der Waals surface area contributed by atoms with Gasteiger partial charge in [0.1, 0.15) is 29.7 Å². The molecule has 1 atom stereocenters. The monoisotopic (exact) mass is 396 g/mol. The Morgan fingerprint density at radius 3 is 2.72 bits per heavy atom. The van der Waals surface area contributed by atoms with Crippen LogP contribution in [0.1, 0.15) is 18.4 Å². The van der Waals surface area contributed by atoms with Crippen LogP contribution in [0.4, 0.5) is 0 Å². The van der Waals surface area contributed by atoms with E-state index < -0.39 is 6.10 Å². The molecule has 7 heteroatoms. The van der Waals surface area contributed by atoms with Crippen LogP contribution in [0.2, 0.25) is 0 Å². The molecule has 7 nitrogen and oxygen atoms in total. The number of aromatic amines is 1. The lowest BCUT2D eigenvalue weighted by molar-refractivity contribution is 0.0506. The summed E-state index contributed by atoms with van der Waals surface area (Å²) in [6.45, 7) is 5.53. The molecule has 0 radical (unpaired) electrons. The summed E-state index contributed by atoms with van der Waals surface area (Å²) in [5.41, 5.74) is 2.52. The molecule has 3 aromatic rings. The molecule has 29 heavy (non-hydrogen) atoms. The van der Waals surface area contributed by atoms with E-state index in [0.717, 1.165) is 49.4 Å². The average Bonchev–Trinajstić information content (AvgIpc) is 3.21. The first-order valence-electron chi connectivity index (χ1n) is 10.2. The predicted octanol–water partition coefficient (Wildman–Crippen LogP) is 2.80. The number of nitrogens with one attached hydrogen (secondary N) is 1. The Morgan fingerprint density at radius 1 is 1.14 bits per heavy atom. The number of aliphatic hydroxyl groups excluding tert-OH is 1. The number of nitrogens with zero attached hydrogens (tertiary/aromatic N) is 3. The second-order valence-electron chi connectivity index (χ2n) is 7.79. The van der Waals surface area contributed by atoms with Gasteiger partial charge >= 0.3 is 0 Å². The van der Waals surface area contributed by atoms with Gasteiger partial charge in [0.2, 0.25) is 0 Å². The molecule has 0 bridgehead atoms. The third kappa shape index (κ3) is 5.25. The van der Waals surface area contributed by atoms with E-state index in [4.69, 9.17) is 9.47 Å². The standard InChI is InChI=1S/C22H28N4O3/c1-16-11-20-22(24-25-23-20)21(12-16)29-15-18(27)13-26-9-7-17(8-10-26)14-28-19-5-3-2-4-6-19/h2-6,11-12,17-18,27H,7-10,13-15H2,1H3,(H,23,24,25). The van der Waals surface area contributed by atoms with Crippen molar-refractivity contribution >= 4 is 11.0 Å². The number of para-hydroxylation sites is 1. The SMILES string of the molecule is Cc1cc(OCC(O)CN2CCC(COc3ccccc3)CC2)c2n[nH]nc2c1.